The van der Waals surface area contributed by atoms with Crippen molar-refractivity contribution in [2.45, 2.75) is 51.6 Å². The van der Waals surface area contributed by atoms with Gasteiger partial charge in [0, 0.05) is 18.6 Å². The lowest BCUT2D eigenvalue weighted by Crippen LogP contribution is -2.56. The van der Waals surface area contributed by atoms with Crippen molar-refractivity contribution in [1.29, 1.82) is 0 Å². The van der Waals surface area contributed by atoms with Gasteiger partial charge in [-0.2, -0.15) is 0 Å². The van der Waals surface area contributed by atoms with E-state index in [2.05, 4.69) is 10.1 Å². The molecule has 1 atom stereocenters. The molecule has 162 valence electrons. The van der Waals surface area contributed by atoms with E-state index in [0.717, 1.165) is 6.07 Å². The number of hydrogen-bond acceptors (Lipinski definition) is 4. The number of halogens is 4. The van der Waals surface area contributed by atoms with Gasteiger partial charge < -0.3 is 20.7 Å². The number of benzene rings is 1. The lowest BCUT2D eigenvalue weighted by Gasteiger charge is -2.38. The fourth-order valence-electron chi connectivity index (χ4n) is 3.04. The molecule has 0 aliphatic carbocycles. The molecule has 0 saturated carbocycles. The van der Waals surface area contributed by atoms with E-state index in [0.29, 0.717) is 38.1 Å². The summed E-state index contributed by atoms with van der Waals surface area (Å²) in [6.07, 6.45) is -3.78. The van der Waals surface area contributed by atoms with E-state index in [1.807, 2.05) is 6.92 Å². The minimum absolute atomic E-state index is 0.324. The van der Waals surface area contributed by atoms with Crippen molar-refractivity contribution < 1.29 is 31.9 Å². The molecule has 29 heavy (non-hydrogen) atoms. The molecule has 2 amide bonds. The zero-order chi connectivity index (χ0) is 22.0. The van der Waals surface area contributed by atoms with Crippen LogP contribution in [0.25, 0.3) is 0 Å². The normalized spacial score (nSPS) is 17.8. The van der Waals surface area contributed by atoms with E-state index in [-0.39, 0.29) is 17.4 Å². The molecular formula is C19H25F4N3O3. The molecule has 1 fully saturated rings. The third kappa shape index (κ3) is 6.31. The molecule has 1 aliphatic heterocycles. The highest BCUT2D eigenvalue weighted by molar-refractivity contribution is 5.98. The van der Waals surface area contributed by atoms with Crippen LogP contribution in [0.3, 0.4) is 0 Å². The van der Waals surface area contributed by atoms with Crippen LogP contribution < -0.4 is 15.8 Å². The van der Waals surface area contributed by atoms with Crippen molar-refractivity contribution in [3.8, 4) is 5.75 Å². The van der Waals surface area contributed by atoms with Gasteiger partial charge in [0.2, 0.25) is 5.91 Å². The summed E-state index contributed by atoms with van der Waals surface area (Å²) in [4.78, 5) is 27.0. The zero-order valence-electron chi connectivity index (χ0n) is 16.5. The largest absolute Gasteiger partial charge is 0.573 e. The first kappa shape index (κ1) is 22.9. The minimum atomic E-state index is -4.98. The van der Waals surface area contributed by atoms with Crippen LogP contribution in [0.4, 0.5) is 17.6 Å². The summed E-state index contributed by atoms with van der Waals surface area (Å²) in [5.41, 5.74) is 5.06. The molecule has 0 radical (unpaired) electrons. The van der Waals surface area contributed by atoms with Gasteiger partial charge >= 0.3 is 6.36 Å². The molecule has 3 N–H and O–H groups in total. The second kappa shape index (κ2) is 8.56. The molecule has 6 nitrogen and oxygen atoms in total. The maximum atomic E-state index is 14.0. The summed E-state index contributed by atoms with van der Waals surface area (Å²) in [5.74, 6) is -3.41. The van der Waals surface area contributed by atoms with Gasteiger partial charge in [-0.1, -0.05) is 13.8 Å². The van der Waals surface area contributed by atoms with E-state index < -0.39 is 35.4 Å². The monoisotopic (exact) mass is 419 g/mol. The van der Waals surface area contributed by atoms with Gasteiger partial charge in [-0.15, -0.1) is 13.2 Å². The number of piperidine rings is 1. The Balaban J connectivity index is 2.15. The SMILES string of the molecule is CC(C)[C@@H](NC(=O)c1cc(OC(F)(F)F)ccc1F)C(=O)N1CCC(C)(N)CC1. The number of amides is 2. The van der Waals surface area contributed by atoms with Crippen LogP contribution in [0.2, 0.25) is 0 Å². The number of carbonyl (C=O) groups is 2. The number of nitrogens with two attached hydrogens (primary N) is 1. The van der Waals surface area contributed by atoms with Crippen LogP contribution in [-0.4, -0.2) is 47.7 Å². The second-order valence-corrected chi connectivity index (χ2v) is 7.86. The van der Waals surface area contributed by atoms with Crippen LogP contribution in [0.15, 0.2) is 18.2 Å². The number of rotatable bonds is 5. The van der Waals surface area contributed by atoms with Crippen LogP contribution in [-0.2, 0) is 4.79 Å². The van der Waals surface area contributed by atoms with Crippen LogP contribution in [0.5, 0.6) is 5.75 Å². The van der Waals surface area contributed by atoms with E-state index in [9.17, 15) is 27.2 Å². The number of likely N-dealkylation sites (tertiary alicyclic amines) is 1. The topological polar surface area (TPSA) is 84.7 Å². The van der Waals surface area contributed by atoms with E-state index in [1.54, 1.807) is 18.7 Å². The van der Waals surface area contributed by atoms with Gasteiger partial charge in [-0.05, 0) is 43.9 Å². The Kier molecular flexibility index (Phi) is 6.77. The quantitative estimate of drug-likeness (QED) is 0.719. The van der Waals surface area contributed by atoms with Gasteiger partial charge in [0.25, 0.3) is 5.91 Å². The minimum Gasteiger partial charge on any atom is -0.406 e. The molecule has 0 unspecified atom stereocenters. The third-order valence-electron chi connectivity index (χ3n) is 4.85. The Labute approximate surface area is 166 Å². The highest BCUT2D eigenvalue weighted by Crippen LogP contribution is 2.25. The van der Waals surface area contributed by atoms with Gasteiger partial charge in [-0.3, -0.25) is 9.59 Å². The Morgan fingerprint density at radius 3 is 2.34 bits per heavy atom. The lowest BCUT2D eigenvalue weighted by atomic mass is 9.90. The Morgan fingerprint density at radius 2 is 1.83 bits per heavy atom. The van der Waals surface area contributed by atoms with Crippen molar-refractivity contribution >= 4 is 11.8 Å². The third-order valence-corrected chi connectivity index (χ3v) is 4.85. The predicted molar refractivity (Wildman–Crippen MR) is 97.6 cm³/mol. The summed E-state index contributed by atoms with van der Waals surface area (Å²) < 4.78 is 54.9. The fourth-order valence-corrected chi connectivity index (χ4v) is 3.04. The molecule has 1 aliphatic rings. The maximum absolute atomic E-state index is 14.0. The summed E-state index contributed by atoms with van der Waals surface area (Å²) in [5, 5.41) is 2.44. The Hall–Kier alpha value is -2.36. The average Bonchev–Trinajstić information content (AvgIpc) is 2.59. The smallest absolute Gasteiger partial charge is 0.406 e. The zero-order valence-corrected chi connectivity index (χ0v) is 16.5. The number of carbonyl (C=O) groups excluding carboxylic acids is 2. The van der Waals surface area contributed by atoms with Gasteiger partial charge in [0.1, 0.15) is 17.6 Å². The molecule has 1 saturated heterocycles. The Morgan fingerprint density at radius 1 is 1.24 bits per heavy atom. The van der Waals surface area contributed by atoms with Crippen molar-refractivity contribution in [2.24, 2.45) is 11.7 Å². The van der Waals surface area contributed by atoms with E-state index in [1.165, 1.54) is 0 Å². The number of alkyl halides is 3. The van der Waals surface area contributed by atoms with Gasteiger partial charge in [-0.25, -0.2) is 4.39 Å². The molecule has 1 heterocycles. The van der Waals surface area contributed by atoms with Crippen molar-refractivity contribution in [1.82, 2.24) is 10.2 Å². The summed E-state index contributed by atoms with van der Waals surface area (Å²) in [6, 6.07) is 1.16. The predicted octanol–water partition coefficient (Wildman–Crippen LogP) is 2.82. The molecule has 0 spiro atoms. The molecular weight excluding hydrogens is 394 g/mol. The molecule has 0 bridgehead atoms. The van der Waals surface area contributed by atoms with E-state index >= 15 is 0 Å². The standard InChI is InChI=1S/C19H25F4N3O3/c1-11(2)15(17(28)26-8-6-18(3,24)7-9-26)25-16(27)13-10-12(4-5-14(13)20)29-19(21,22)23/h4-5,10-11,15H,6-9,24H2,1-3H3,(H,25,27)/t15-/m1/s1. The van der Waals surface area contributed by atoms with Gasteiger partial charge in [0.15, 0.2) is 0 Å². The van der Waals surface area contributed by atoms with Crippen molar-refractivity contribution in [3.05, 3.63) is 29.6 Å². The summed E-state index contributed by atoms with van der Waals surface area (Å²) >= 11 is 0. The first-order chi connectivity index (χ1) is 13.3. The number of nitrogens with one attached hydrogen (secondary N) is 1. The second-order valence-electron chi connectivity index (χ2n) is 7.86. The fraction of sp³-hybridized carbons (Fsp3) is 0.579. The average molecular weight is 419 g/mol. The maximum Gasteiger partial charge on any atom is 0.573 e. The molecule has 2 rings (SSSR count). The van der Waals surface area contributed by atoms with Crippen LogP contribution in [0.1, 0.15) is 44.0 Å². The molecule has 1 aromatic carbocycles. The Bertz CT molecular complexity index is 756. The molecule has 0 aromatic heterocycles. The summed E-state index contributed by atoms with van der Waals surface area (Å²) in [7, 11) is 0. The van der Waals surface area contributed by atoms with E-state index in [4.69, 9.17) is 5.73 Å². The van der Waals surface area contributed by atoms with Crippen LogP contribution in [0, 0.1) is 11.7 Å². The highest BCUT2D eigenvalue weighted by atomic mass is 19.4. The first-order valence-electron chi connectivity index (χ1n) is 9.23. The highest BCUT2D eigenvalue weighted by Gasteiger charge is 2.35. The number of hydrogen-bond donors (Lipinski definition) is 2. The number of nitrogens with zero attached hydrogens (tertiary/aromatic N) is 1. The van der Waals surface area contributed by atoms with Gasteiger partial charge in [0.05, 0.1) is 5.56 Å². The lowest BCUT2D eigenvalue weighted by molar-refractivity contribution is -0.274. The number of ether oxygens (including phenoxy) is 1. The molecule has 1 aromatic rings. The molecule has 10 heteroatoms. The van der Waals surface area contributed by atoms with Crippen molar-refractivity contribution in [2.75, 3.05) is 13.1 Å². The van der Waals surface area contributed by atoms with Crippen LogP contribution >= 0.6 is 0 Å². The first-order valence-corrected chi connectivity index (χ1v) is 9.23. The van der Waals surface area contributed by atoms with Crippen molar-refractivity contribution in [3.63, 3.8) is 0 Å². The summed E-state index contributed by atoms with van der Waals surface area (Å²) in [6.45, 7) is 6.16.